The van der Waals surface area contributed by atoms with Crippen molar-refractivity contribution < 1.29 is 24.6 Å². The van der Waals surface area contributed by atoms with E-state index >= 15 is 0 Å². The minimum Gasteiger partial charge on any atom is -0.549 e. The number of rotatable bonds is 5. The van der Waals surface area contributed by atoms with Gasteiger partial charge < -0.3 is 24.7 Å². The lowest BCUT2D eigenvalue weighted by molar-refractivity contribution is -0.311. The number of amides is 1. The third-order valence-electron chi connectivity index (χ3n) is 3.29. The molecule has 0 aromatic heterocycles. The van der Waals surface area contributed by atoms with Crippen LogP contribution in [0, 0.1) is 0 Å². The molecule has 1 aromatic rings. The van der Waals surface area contributed by atoms with E-state index in [-0.39, 0.29) is 24.5 Å². The van der Waals surface area contributed by atoms with E-state index in [4.69, 9.17) is 0 Å². The number of benzene rings is 1. The van der Waals surface area contributed by atoms with Crippen LogP contribution in [0.2, 0.25) is 0 Å². The van der Waals surface area contributed by atoms with E-state index in [0.717, 1.165) is 22.9 Å². The number of carboxylic acids is 2. The van der Waals surface area contributed by atoms with Crippen LogP contribution in [0.25, 0.3) is 0 Å². The Labute approximate surface area is 125 Å². The van der Waals surface area contributed by atoms with Crippen LogP contribution in [0.15, 0.2) is 24.3 Å². The number of fused-ring (bicyclic) bond motifs is 1. The van der Waals surface area contributed by atoms with Gasteiger partial charge in [-0.05, 0) is 17.5 Å². The van der Waals surface area contributed by atoms with Crippen LogP contribution in [0.4, 0.5) is 0 Å². The third-order valence-corrected chi connectivity index (χ3v) is 4.18. The Kier molecular flexibility index (Phi) is 4.85. The van der Waals surface area contributed by atoms with Crippen molar-refractivity contribution in [2.75, 3.05) is 11.5 Å². The molecule has 21 heavy (non-hydrogen) atoms. The first-order valence-electron chi connectivity index (χ1n) is 6.33. The highest BCUT2D eigenvalue weighted by Gasteiger charge is 2.30. The van der Waals surface area contributed by atoms with Crippen molar-refractivity contribution in [1.82, 2.24) is 4.90 Å². The molecule has 0 saturated heterocycles. The lowest BCUT2D eigenvalue weighted by Crippen LogP contribution is -2.54. The van der Waals surface area contributed by atoms with Gasteiger partial charge in [0.2, 0.25) is 5.91 Å². The van der Waals surface area contributed by atoms with E-state index < -0.39 is 23.9 Å². The lowest BCUT2D eigenvalue weighted by atomic mass is 9.94. The maximum atomic E-state index is 12.1. The van der Waals surface area contributed by atoms with E-state index in [1.807, 2.05) is 24.3 Å². The molecule has 1 heterocycles. The highest BCUT2D eigenvalue weighted by Crippen LogP contribution is 2.23. The van der Waals surface area contributed by atoms with E-state index in [2.05, 4.69) is 0 Å². The quantitative estimate of drug-likeness (QED) is 0.634. The van der Waals surface area contributed by atoms with Gasteiger partial charge in [0, 0.05) is 12.3 Å². The van der Waals surface area contributed by atoms with Crippen molar-refractivity contribution in [3.63, 3.8) is 0 Å². The Morgan fingerprint density at radius 2 is 1.81 bits per heavy atom. The molecule has 0 radical (unpaired) electrons. The fourth-order valence-electron chi connectivity index (χ4n) is 2.30. The molecule has 0 N–H and O–H groups in total. The zero-order chi connectivity index (χ0) is 15.4. The SMILES string of the molecule is O=C([O-])CSCC(=O)N1Cc2ccccc2C[C@@H]1C(=O)[O-]. The molecule has 0 spiro atoms. The monoisotopic (exact) mass is 307 g/mol. The molecule has 1 amide bonds. The van der Waals surface area contributed by atoms with Gasteiger partial charge in [-0.15, -0.1) is 11.8 Å². The molecule has 1 atom stereocenters. The molecule has 0 unspecified atom stereocenters. The predicted molar refractivity (Wildman–Crippen MR) is 71.8 cm³/mol. The molecule has 112 valence electrons. The molecule has 2 rings (SSSR count). The van der Waals surface area contributed by atoms with Crippen molar-refractivity contribution in [3.05, 3.63) is 35.4 Å². The largest absolute Gasteiger partial charge is 0.549 e. The first-order valence-corrected chi connectivity index (χ1v) is 7.49. The Morgan fingerprint density at radius 1 is 1.14 bits per heavy atom. The molecular formula is C14H13NO5S-2. The van der Waals surface area contributed by atoms with Gasteiger partial charge in [0.1, 0.15) is 0 Å². The molecule has 6 nitrogen and oxygen atoms in total. The normalized spacial score (nSPS) is 17.1. The van der Waals surface area contributed by atoms with Gasteiger partial charge in [-0.2, -0.15) is 0 Å². The minimum absolute atomic E-state index is 0.0973. The second-order valence-corrected chi connectivity index (χ2v) is 5.68. The summed E-state index contributed by atoms with van der Waals surface area (Å²) in [6.07, 6.45) is 0.204. The van der Waals surface area contributed by atoms with Crippen molar-refractivity contribution in [2.24, 2.45) is 0 Å². The molecule has 1 aliphatic heterocycles. The summed E-state index contributed by atoms with van der Waals surface area (Å²) in [5.41, 5.74) is 1.78. The van der Waals surface area contributed by atoms with E-state index in [1.54, 1.807) is 0 Å². The molecule has 0 fully saturated rings. The summed E-state index contributed by atoms with van der Waals surface area (Å²) in [6, 6.07) is 6.30. The highest BCUT2D eigenvalue weighted by atomic mass is 32.2. The van der Waals surface area contributed by atoms with Crippen LogP contribution >= 0.6 is 11.8 Å². The number of hydrogen-bond acceptors (Lipinski definition) is 6. The van der Waals surface area contributed by atoms with Crippen LogP contribution in [0.5, 0.6) is 0 Å². The van der Waals surface area contributed by atoms with Gasteiger partial charge in [0.15, 0.2) is 0 Å². The summed E-state index contributed by atoms with van der Waals surface area (Å²) < 4.78 is 0. The standard InChI is InChI=1S/C14H15NO5S/c16-12(7-21-8-13(17)18)15-6-10-4-2-1-3-9(10)5-11(15)14(19)20/h1-4,11H,5-8H2,(H,17,18)(H,19,20)/p-2/t11-/m1/s1. The highest BCUT2D eigenvalue weighted by molar-refractivity contribution is 8.00. The van der Waals surface area contributed by atoms with Gasteiger partial charge in [-0.1, -0.05) is 24.3 Å². The summed E-state index contributed by atoms with van der Waals surface area (Å²) in [5, 5.41) is 21.6. The van der Waals surface area contributed by atoms with Crippen LogP contribution in [-0.2, 0) is 27.3 Å². The summed E-state index contributed by atoms with van der Waals surface area (Å²) in [5.74, 6) is -3.37. The molecule has 1 aromatic carbocycles. The summed E-state index contributed by atoms with van der Waals surface area (Å²) in [4.78, 5) is 34.9. The van der Waals surface area contributed by atoms with E-state index in [0.29, 0.717) is 0 Å². The smallest absolute Gasteiger partial charge is 0.233 e. The molecule has 0 saturated carbocycles. The Balaban J connectivity index is 2.11. The fraction of sp³-hybridized carbons (Fsp3) is 0.357. The van der Waals surface area contributed by atoms with Crippen molar-refractivity contribution >= 4 is 29.6 Å². The van der Waals surface area contributed by atoms with Crippen molar-refractivity contribution in [3.8, 4) is 0 Å². The first-order chi connectivity index (χ1) is 9.99. The number of carbonyl (C=O) groups is 3. The van der Waals surface area contributed by atoms with Crippen molar-refractivity contribution in [1.29, 1.82) is 0 Å². The molecule has 7 heteroatoms. The number of aliphatic carboxylic acids is 2. The lowest BCUT2D eigenvalue weighted by Gasteiger charge is -2.37. The average molecular weight is 307 g/mol. The van der Waals surface area contributed by atoms with Gasteiger partial charge in [0.25, 0.3) is 0 Å². The number of hydrogen-bond donors (Lipinski definition) is 0. The van der Waals surface area contributed by atoms with Crippen LogP contribution in [0.1, 0.15) is 11.1 Å². The Hall–Kier alpha value is -2.02. The topological polar surface area (TPSA) is 101 Å². The van der Waals surface area contributed by atoms with Crippen LogP contribution in [0.3, 0.4) is 0 Å². The van der Waals surface area contributed by atoms with Crippen LogP contribution < -0.4 is 10.2 Å². The van der Waals surface area contributed by atoms with Gasteiger partial charge in [-0.3, -0.25) is 4.79 Å². The van der Waals surface area contributed by atoms with Gasteiger partial charge in [-0.25, -0.2) is 0 Å². The van der Waals surface area contributed by atoms with E-state index in [9.17, 15) is 24.6 Å². The van der Waals surface area contributed by atoms with Gasteiger partial charge in [0.05, 0.1) is 23.7 Å². The number of thioether (sulfide) groups is 1. The van der Waals surface area contributed by atoms with Crippen molar-refractivity contribution in [2.45, 2.75) is 19.0 Å². The number of carboxylic acid groups (broad SMARTS) is 2. The molecular weight excluding hydrogens is 294 g/mol. The zero-order valence-electron chi connectivity index (χ0n) is 11.1. The first kappa shape index (κ1) is 15.4. The van der Waals surface area contributed by atoms with Gasteiger partial charge >= 0.3 is 0 Å². The molecule has 0 bridgehead atoms. The maximum absolute atomic E-state index is 12.1. The summed E-state index contributed by atoms with van der Waals surface area (Å²) in [7, 11) is 0. The Morgan fingerprint density at radius 3 is 2.43 bits per heavy atom. The number of carbonyl (C=O) groups excluding carboxylic acids is 3. The molecule has 0 aliphatic carbocycles. The Bertz CT molecular complexity index is 574. The third kappa shape index (κ3) is 3.75. The summed E-state index contributed by atoms with van der Waals surface area (Å²) in [6.45, 7) is 0.194. The van der Waals surface area contributed by atoms with E-state index in [1.165, 1.54) is 4.90 Å². The fourth-order valence-corrected chi connectivity index (χ4v) is 2.91. The summed E-state index contributed by atoms with van der Waals surface area (Å²) >= 11 is 0.892. The minimum atomic E-state index is -1.30. The predicted octanol–water partition coefficient (Wildman–Crippen LogP) is -1.83. The average Bonchev–Trinajstić information content (AvgIpc) is 2.45. The molecule has 1 aliphatic rings. The zero-order valence-corrected chi connectivity index (χ0v) is 11.9. The maximum Gasteiger partial charge on any atom is 0.233 e. The second kappa shape index (κ2) is 6.62. The second-order valence-electron chi connectivity index (χ2n) is 4.69. The van der Waals surface area contributed by atoms with Crippen LogP contribution in [-0.4, -0.2) is 40.3 Å². The number of nitrogens with zero attached hydrogens (tertiary/aromatic N) is 1.